The van der Waals surface area contributed by atoms with Crippen LogP contribution in [0.1, 0.15) is 93.2 Å². The van der Waals surface area contributed by atoms with E-state index >= 15 is 0 Å². The number of carbonyl (C=O) groups excluding carboxylic acids is 2. The second kappa shape index (κ2) is 12.0. The van der Waals surface area contributed by atoms with Gasteiger partial charge < -0.3 is 9.80 Å². The molecule has 0 bridgehead atoms. The van der Waals surface area contributed by atoms with Crippen LogP contribution in [-0.4, -0.2) is 40.7 Å². The summed E-state index contributed by atoms with van der Waals surface area (Å²) in [5, 5.41) is 2.07. The zero-order valence-electron chi connectivity index (χ0n) is 20.3. The van der Waals surface area contributed by atoms with Crippen LogP contribution in [0, 0.1) is 5.82 Å². The molecule has 2 amide bonds. The molecule has 34 heavy (non-hydrogen) atoms. The molecule has 0 radical (unpaired) electrons. The number of benzene rings is 1. The maximum absolute atomic E-state index is 13.6. The molecule has 2 aromatic rings. The van der Waals surface area contributed by atoms with Crippen molar-refractivity contribution in [2.24, 2.45) is 0 Å². The second-order valence-electron chi connectivity index (χ2n) is 9.71. The zero-order valence-corrected chi connectivity index (χ0v) is 21.1. The summed E-state index contributed by atoms with van der Waals surface area (Å²) < 4.78 is 13.6. The number of rotatable bonds is 12. The highest BCUT2D eigenvalue weighted by Crippen LogP contribution is 2.38. The van der Waals surface area contributed by atoms with Gasteiger partial charge in [-0.1, -0.05) is 57.6 Å². The number of hydrogen-bond donors (Lipinski definition) is 0. The predicted molar refractivity (Wildman–Crippen MR) is 135 cm³/mol. The molecular formula is C28H37FN2O2S. The standard InChI is InChI=1S/C28H37FN2O2S/c1-2-3-4-5-6-7-8-9-26(32)31(23-14-15-23)20-27(33)30-18-16-25-24(17-19-34-25)28(30)21-10-12-22(29)13-11-21/h10-13,17,19,23,28H,2-9,14-16,18,20H2,1H3. The summed E-state index contributed by atoms with van der Waals surface area (Å²) in [5.41, 5.74) is 2.05. The van der Waals surface area contributed by atoms with Crippen molar-refractivity contribution in [2.45, 2.75) is 89.6 Å². The number of hydrogen-bond acceptors (Lipinski definition) is 3. The Morgan fingerprint density at radius 1 is 1.03 bits per heavy atom. The van der Waals surface area contributed by atoms with Gasteiger partial charge in [0, 0.05) is 23.9 Å². The van der Waals surface area contributed by atoms with Gasteiger partial charge in [-0.15, -0.1) is 11.3 Å². The molecule has 0 spiro atoms. The number of carbonyl (C=O) groups is 2. The highest BCUT2D eigenvalue weighted by Gasteiger charge is 2.37. The molecule has 1 atom stereocenters. The Labute approximate surface area is 207 Å². The monoisotopic (exact) mass is 484 g/mol. The van der Waals surface area contributed by atoms with Gasteiger partial charge in [0.05, 0.1) is 6.04 Å². The smallest absolute Gasteiger partial charge is 0.243 e. The minimum Gasteiger partial charge on any atom is -0.330 e. The summed E-state index contributed by atoms with van der Waals surface area (Å²) in [5.74, 6) is -0.166. The Balaban J connectivity index is 1.39. The summed E-state index contributed by atoms with van der Waals surface area (Å²) >= 11 is 1.71. The summed E-state index contributed by atoms with van der Waals surface area (Å²) in [4.78, 5) is 31.6. The minimum absolute atomic E-state index is 0.00834. The van der Waals surface area contributed by atoms with Crippen LogP contribution in [0.5, 0.6) is 0 Å². The van der Waals surface area contributed by atoms with E-state index in [-0.39, 0.29) is 36.3 Å². The molecule has 1 fully saturated rings. The summed E-state index contributed by atoms with van der Waals surface area (Å²) in [7, 11) is 0. The van der Waals surface area contributed by atoms with Crippen LogP contribution < -0.4 is 0 Å². The van der Waals surface area contributed by atoms with E-state index in [1.165, 1.54) is 49.1 Å². The summed E-state index contributed by atoms with van der Waals surface area (Å²) in [6.45, 7) is 2.99. The Hall–Kier alpha value is -2.21. The average Bonchev–Trinajstić information content (AvgIpc) is 3.57. The maximum Gasteiger partial charge on any atom is 0.243 e. The van der Waals surface area contributed by atoms with Gasteiger partial charge >= 0.3 is 0 Å². The van der Waals surface area contributed by atoms with Gasteiger partial charge in [0.1, 0.15) is 12.4 Å². The van der Waals surface area contributed by atoms with Crippen LogP contribution in [0.3, 0.4) is 0 Å². The van der Waals surface area contributed by atoms with Crippen molar-refractivity contribution in [3.63, 3.8) is 0 Å². The van der Waals surface area contributed by atoms with Gasteiger partial charge in [-0.05, 0) is 60.4 Å². The van der Waals surface area contributed by atoms with E-state index in [0.29, 0.717) is 13.0 Å². The van der Waals surface area contributed by atoms with E-state index in [2.05, 4.69) is 18.4 Å². The molecule has 1 aliphatic carbocycles. The SMILES string of the molecule is CCCCCCCCCC(=O)N(CC(=O)N1CCc2sccc2C1c1ccc(F)cc1)C1CC1. The minimum atomic E-state index is -0.279. The van der Waals surface area contributed by atoms with Crippen molar-refractivity contribution in [3.8, 4) is 0 Å². The molecule has 1 aliphatic heterocycles. The van der Waals surface area contributed by atoms with E-state index in [1.54, 1.807) is 23.5 Å². The molecule has 0 saturated heterocycles. The van der Waals surface area contributed by atoms with Crippen LogP contribution in [0.2, 0.25) is 0 Å². The van der Waals surface area contributed by atoms with Gasteiger partial charge in [-0.2, -0.15) is 0 Å². The number of unbranched alkanes of at least 4 members (excludes halogenated alkanes) is 6. The van der Waals surface area contributed by atoms with E-state index in [9.17, 15) is 14.0 Å². The van der Waals surface area contributed by atoms with Crippen molar-refractivity contribution in [1.29, 1.82) is 0 Å². The molecule has 184 valence electrons. The van der Waals surface area contributed by atoms with Crippen molar-refractivity contribution < 1.29 is 14.0 Å². The molecule has 4 rings (SSSR count). The van der Waals surface area contributed by atoms with E-state index < -0.39 is 0 Å². The third kappa shape index (κ3) is 6.26. The first-order valence-electron chi connectivity index (χ1n) is 13.0. The van der Waals surface area contributed by atoms with Crippen LogP contribution in [0.15, 0.2) is 35.7 Å². The maximum atomic E-state index is 13.6. The van der Waals surface area contributed by atoms with Crippen molar-refractivity contribution in [1.82, 2.24) is 9.80 Å². The first-order valence-corrected chi connectivity index (χ1v) is 13.9. The highest BCUT2D eigenvalue weighted by molar-refractivity contribution is 7.10. The fraction of sp³-hybridized carbons (Fsp3) is 0.571. The van der Waals surface area contributed by atoms with Gasteiger partial charge in [0.15, 0.2) is 0 Å². The van der Waals surface area contributed by atoms with Crippen LogP contribution in [-0.2, 0) is 16.0 Å². The zero-order chi connectivity index (χ0) is 23.9. The number of halogens is 1. The summed E-state index contributed by atoms with van der Waals surface area (Å²) in [6, 6.07) is 8.54. The molecule has 2 heterocycles. The first-order chi connectivity index (χ1) is 16.6. The molecular weight excluding hydrogens is 447 g/mol. The Kier molecular flexibility index (Phi) is 8.76. The van der Waals surface area contributed by atoms with E-state index in [4.69, 9.17) is 0 Å². The fourth-order valence-corrected chi connectivity index (χ4v) is 5.91. The molecule has 1 saturated carbocycles. The van der Waals surface area contributed by atoms with Gasteiger partial charge in [-0.3, -0.25) is 9.59 Å². The number of amides is 2. The highest BCUT2D eigenvalue weighted by atomic mass is 32.1. The number of nitrogens with zero attached hydrogens (tertiary/aromatic N) is 2. The van der Waals surface area contributed by atoms with Crippen molar-refractivity contribution in [2.75, 3.05) is 13.1 Å². The van der Waals surface area contributed by atoms with Gasteiger partial charge in [-0.25, -0.2) is 4.39 Å². The fourth-order valence-electron chi connectivity index (χ4n) is 5.01. The molecule has 1 aromatic carbocycles. The molecule has 1 aromatic heterocycles. The Morgan fingerprint density at radius 3 is 2.44 bits per heavy atom. The Morgan fingerprint density at radius 2 is 1.74 bits per heavy atom. The predicted octanol–water partition coefficient (Wildman–Crippen LogP) is 6.49. The normalized spacial score (nSPS) is 17.5. The molecule has 4 nitrogen and oxygen atoms in total. The van der Waals surface area contributed by atoms with Gasteiger partial charge in [0.25, 0.3) is 0 Å². The summed E-state index contributed by atoms with van der Waals surface area (Å²) in [6.07, 6.45) is 11.6. The van der Waals surface area contributed by atoms with Crippen molar-refractivity contribution in [3.05, 3.63) is 57.5 Å². The lowest BCUT2D eigenvalue weighted by Crippen LogP contribution is -2.47. The lowest BCUT2D eigenvalue weighted by molar-refractivity contribution is -0.142. The number of thiophene rings is 1. The molecule has 1 unspecified atom stereocenters. The molecule has 2 aliphatic rings. The number of fused-ring (bicyclic) bond motifs is 1. The third-order valence-corrected chi connectivity index (χ3v) is 8.08. The lowest BCUT2D eigenvalue weighted by atomic mass is 9.93. The van der Waals surface area contributed by atoms with Crippen LogP contribution >= 0.6 is 11.3 Å². The molecule has 0 N–H and O–H groups in total. The van der Waals surface area contributed by atoms with Crippen LogP contribution in [0.4, 0.5) is 4.39 Å². The van der Waals surface area contributed by atoms with E-state index in [0.717, 1.165) is 43.2 Å². The van der Waals surface area contributed by atoms with Gasteiger partial charge in [0.2, 0.25) is 11.8 Å². The topological polar surface area (TPSA) is 40.6 Å². The second-order valence-corrected chi connectivity index (χ2v) is 10.7. The average molecular weight is 485 g/mol. The van der Waals surface area contributed by atoms with E-state index in [1.807, 2.05) is 9.80 Å². The lowest BCUT2D eigenvalue weighted by Gasteiger charge is -2.37. The quantitative estimate of drug-likeness (QED) is 0.323. The molecule has 6 heteroatoms. The van der Waals surface area contributed by atoms with Crippen LogP contribution in [0.25, 0.3) is 0 Å². The van der Waals surface area contributed by atoms with Crippen molar-refractivity contribution >= 4 is 23.2 Å². The first kappa shape index (κ1) is 24.9. The Bertz CT molecular complexity index is 954. The largest absolute Gasteiger partial charge is 0.330 e. The third-order valence-electron chi connectivity index (χ3n) is 7.08.